The quantitative estimate of drug-likeness (QED) is 0.920. The van der Waals surface area contributed by atoms with Crippen molar-refractivity contribution in [3.63, 3.8) is 0 Å². The summed E-state index contributed by atoms with van der Waals surface area (Å²) < 4.78 is 0. The zero-order valence-corrected chi connectivity index (χ0v) is 11.1. The molecule has 0 aliphatic carbocycles. The Balaban J connectivity index is 2.18. The molecule has 1 N–H and O–H groups in total. The van der Waals surface area contributed by atoms with E-state index in [1.165, 1.54) is 12.1 Å². The molecule has 1 amide bonds. The molecule has 0 fully saturated rings. The molecule has 4 nitrogen and oxygen atoms in total. The zero-order chi connectivity index (χ0) is 13.1. The van der Waals surface area contributed by atoms with E-state index in [4.69, 9.17) is 34.8 Å². The van der Waals surface area contributed by atoms with Crippen molar-refractivity contribution in [1.82, 2.24) is 10.2 Å². The molecule has 0 spiro atoms. The van der Waals surface area contributed by atoms with Crippen LogP contribution in [0.3, 0.4) is 0 Å². The summed E-state index contributed by atoms with van der Waals surface area (Å²) in [7, 11) is 0. The Morgan fingerprint density at radius 2 is 1.67 bits per heavy atom. The van der Waals surface area contributed by atoms with Gasteiger partial charge in [0.1, 0.15) is 0 Å². The third-order valence-electron chi connectivity index (χ3n) is 1.99. The molecule has 1 aromatic heterocycles. The van der Waals surface area contributed by atoms with Crippen LogP contribution in [0.4, 0.5) is 5.69 Å². The highest BCUT2D eigenvalue weighted by atomic mass is 35.5. The molecule has 0 atom stereocenters. The Labute approximate surface area is 118 Å². The molecule has 0 aliphatic heterocycles. The standard InChI is InChI=1S/C11H6Cl3N3O/c12-6-3-7(13)5-8(4-6)15-11(18)9-1-2-10(14)17-16-9/h1-5H,(H,15,18). The average Bonchev–Trinajstić information content (AvgIpc) is 2.28. The van der Waals surface area contributed by atoms with Gasteiger partial charge in [-0.3, -0.25) is 4.79 Å². The highest BCUT2D eigenvalue weighted by Crippen LogP contribution is 2.22. The number of benzene rings is 1. The molecule has 0 bridgehead atoms. The van der Waals surface area contributed by atoms with Gasteiger partial charge in [0.05, 0.1) is 0 Å². The predicted molar refractivity (Wildman–Crippen MR) is 71.5 cm³/mol. The fourth-order valence-corrected chi connectivity index (χ4v) is 1.89. The van der Waals surface area contributed by atoms with E-state index in [-0.39, 0.29) is 10.8 Å². The van der Waals surface area contributed by atoms with Crippen LogP contribution >= 0.6 is 34.8 Å². The van der Waals surface area contributed by atoms with Gasteiger partial charge in [-0.15, -0.1) is 10.2 Å². The minimum Gasteiger partial charge on any atom is -0.320 e. The topological polar surface area (TPSA) is 54.9 Å². The van der Waals surface area contributed by atoms with Crippen molar-refractivity contribution in [2.75, 3.05) is 5.32 Å². The first kappa shape index (κ1) is 13.1. The van der Waals surface area contributed by atoms with Crippen molar-refractivity contribution < 1.29 is 4.79 Å². The van der Waals surface area contributed by atoms with Crippen LogP contribution in [0.15, 0.2) is 30.3 Å². The van der Waals surface area contributed by atoms with Gasteiger partial charge < -0.3 is 5.32 Å². The van der Waals surface area contributed by atoms with Crippen LogP contribution in [0.5, 0.6) is 0 Å². The van der Waals surface area contributed by atoms with E-state index in [0.717, 1.165) is 0 Å². The van der Waals surface area contributed by atoms with Crippen molar-refractivity contribution in [2.24, 2.45) is 0 Å². The summed E-state index contributed by atoms with van der Waals surface area (Å²) >= 11 is 17.2. The minimum absolute atomic E-state index is 0.149. The SMILES string of the molecule is O=C(Nc1cc(Cl)cc(Cl)c1)c1ccc(Cl)nn1. The summed E-state index contributed by atoms with van der Waals surface area (Å²) in [5.74, 6) is -0.419. The van der Waals surface area contributed by atoms with E-state index in [1.807, 2.05) is 0 Å². The van der Waals surface area contributed by atoms with Gasteiger partial charge in [0.25, 0.3) is 5.91 Å². The highest BCUT2D eigenvalue weighted by molar-refractivity contribution is 6.35. The van der Waals surface area contributed by atoms with Crippen molar-refractivity contribution >= 4 is 46.4 Å². The van der Waals surface area contributed by atoms with Crippen molar-refractivity contribution in [3.05, 3.63) is 51.2 Å². The Morgan fingerprint density at radius 3 is 2.22 bits per heavy atom. The van der Waals surface area contributed by atoms with Crippen molar-refractivity contribution in [2.45, 2.75) is 0 Å². The first-order valence-corrected chi connectivity index (χ1v) is 5.94. The first-order valence-electron chi connectivity index (χ1n) is 4.81. The van der Waals surface area contributed by atoms with Gasteiger partial charge in [-0.05, 0) is 30.3 Å². The molecule has 18 heavy (non-hydrogen) atoms. The molecule has 2 aromatic rings. The minimum atomic E-state index is -0.419. The molecule has 92 valence electrons. The van der Waals surface area contributed by atoms with Gasteiger partial charge in [0, 0.05) is 15.7 Å². The number of carbonyl (C=O) groups excluding carboxylic acids is 1. The lowest BCUT2D eigenvalue weighted by Gasteiger charge is -2.05. The van der Waals surface area contributed by atoms with E-state index < -0.39 is 5.91 Å². The fraction of sp³-hybridized carbons (Fsp3) is 0. The Kier molecular flexibility index (Phi) is 4.01. The summed E-state index contributed by atoms with van der Waals surface area (Å²) in [6.07, 6.45) is 0. The molecule has 7 heteroatoms. The van der Waals surface area contributed by atoms with E-state index in [9.17, 15) is 4.79 Å². The number of rotatable bonds is 2. The summed E-state index contributed by atoms with van der Waals surface area (Å²) in [4.78, 5) is 11.8. The van der Waals surface area contributed by atoms with Crippen LogP contribution in [-0.4, -0.2) is 16.1 Å². The lowest BCUT2D eigenvalue weighted by Crippen LogP contribution is -2.14. The molecular weight excluding hydrogens is 296 g/mol. The molecule has 0 saturated heterocycles. The van der Waals surface area contributed by atoms with Crippen LogP contribution in [0.25, 0.3) is 0 Å². The highest BCUT2D eigenvalue weighted by Gasteiger charge is 2.09. The maximum absolute atomic E-state index is 11.8. The molecule has 0 saturated carbocycles. The fourth-order valence-electron chi connectivity index (χ4n) is 1.26. The van der Waals surface area contributed by atoms with Gasteiger partial charge in [-0.2, -0.15) is 0 Å². The van der Waals surface area contributed by atoms with E-state index in [1.54, 1.807) is 18.2 Å². The summed E-state index contributed by atoms with van der Waals surface area (Å²) in [6, 6.07) is 7.68. The number of halogens is 3. The number of aromatic nitrogens is 2. The summed E-state index contributed by atoms with van der Waals surface area (Å²) in [5, 5.41) is 10.9. The number of carbonyl (C=O) groups is 1. The molecule has 0 aliphatic rings. The van der Waals surface area contributed by atoms with Gasteiger partial charge >= 0.3 is 0 Å². The van der Waals surface area contributed by atoms with E-state index in [0.29, 0.717) is 15.7 Å². The number of anilines is 1. The Hall–Kier alpha value is -1.36. The van der Waals surface area contributed by atoms with Gasteiger partial charge in [-0.1, -0.05) is 34.8 Å². The lowest BCUT2D eigenvalue weighted by molar-refractivity contribution is 0.102. The Morgan fingerprint density at radius 1 is 1.00 bits per heavy atom. The van der Waals surface area contributed by atoms with Crippen molar-refractivity contribution in [3.8, 4) is 0 Å². The second-order valence-electron chi connectivity index (χ2n) is 3.35. The largest absolute Gasteiger partial charge is 0.320 e. The third-order valence-corrected chi connectivity index (χ3v) is 2.62. The third kappa shape index (κ3) is 3.32. The number of hydrogen-bond donors (Lipinski definition) is 1. The monoisotopic (exact) mass is 301 g/mol. The van der Waals surface area contributed by atoms with Gasteiger partial charge in [0.15, 0.2) is 10.8 Å². The zero-order valence-electron chi connectivity index (χ0n) is 8.82. The number of nitrogens with one attached hydrogen (secondary N) is 1. The molecule has 2 rings (SSSR count). The van der Waals surface area contributed by atoms with Crippen LogP contribution in [0, 0.1) is 0 Å². The molecule has 0 radical (unpaired) electrons. The maximum Gasteiger partial charge on any atom is 0.276 e. The number of hydrogen-bond acceptors (Lipinski definition) is 3. The predicted octanol–water partition coefficient (Wildman–Crippen LogP) is 3.69. The molecule has 1 aromatic carbocycles. The summed E-state index contributed by atoms with van der Waals surface area (Å²) in [5.41, 5.74) is 0.629. The van der Waals surface area contributed by atoms with E-state index in [2.05, 4.69) is 15.5 Å². The summed E-state index contributed by atoms with van der Waals surface area (Å²) in [6.45, 7) is 0. The second kappa shape index (κ2) is 5.52. The smallest absolute Gasteiger partial charge is 0.276 e. The molecule has 1 heterocycles. The second-order valence-corrected chi connectivity index (χ2v) is 4.61. The molecular formula is C11H6Cl3N3O. The first-order chi connectivity index (χ1) is 8.54. The lowest BCUT2D eigenvalue weighted by atomic mass is 10.3. The number of nitrogens with zero attached hydrogens (tertiary/aromatic N) is 2. The molecule has 0 unspecified atom stereocenters. The van der Waals surface area contributed by atoms with Crippen LogP contribution in [0.1, 0.15) is 10.5 Å². The van der Waals surface area contributed by atoms with Gasteiger partial charge in [-0.25, -0.2) is 0 Å². The number of amides is 1. The maximum atomic E-state index is 11.8. The van der Waals surface area contributed by atoms with Gasteiger partial charge in [0.2, 0.25) is 0 Å². The normalized spacial score (nSPS) is 10.2. The van der Waals surface area contributed by atoms with Crippen LogP contribution < -0.4 is 5.32 Å². The van der Waals surface area contributed by atoms with E-state index >= 15 is 0 Å². The van der Waals surface area contributed by atoms with Crippen LogP contribution in [-0.2, 0) is 0 Å². The average molecular weight is 303 g/mol. The van der Waals surface area contributed by atoms with Crippen LogP contribution in [0.2, 0.25) is 15.2 Å². The Bertz CT molecular complexity index is 566. The van der Waals surface area contributed by atoms with Crippen molar-refractivity contribution in [1.29, 1.82) is 0 Å².